The number of rotatable bonds is 10. The molecule has 0 aliphatic carbocycles. The first-order valence-electron chi connectivity index (χ1n) is 18.5. The van der Waals surface area contributed by atoms with Gasteiger partial charge in [0.15, 0.2) is 12.1 Å². The van der Waals surface area contributed by atoms with Crippen LogP contribution in [0.25, 0.3) is 11.4 Å². The molecule has 1 unspecified atom stereocenters. The molecule has 6 heterocycles. The molecule has 14 heteroatoms. The van der Waals surface area contributed by atoms with Gasteiger partial charge in [-0.05, 0) is 69.7 Å². The van der Waals surface area contributed by atoms with Crippen molar-refractivity contribution in [3.05, 3.63) is 101 Å². The van der Waals surface area contributed by atoms with Gasteiger partial charge in [0.1, 0.15) is 29.8 Å². The fraction of sp³-hybridized carbons (Fsp3) is 0.425. The highest BCUT2D eigenvalue weighted by atomic mass is 79.9. The number of aromatic nitrogens is 4. The van der Waals surface area contributed by atoms with E-state index in [-0.39, 0.29) is 0 Å². The molecular formula is C40H51BrN10O3. The number of ether oxygens (including phenoxy) is 2. The minimum Gasteiger partial charge on any atom is -0.497 e. The Morgan fingerprint density at radius 2 is 1.41 bits per heavy atom. The van der Waals surface area contributed by atoms with Crippen molar-refractivity contribution in [2.45, 2.75) is 52.6 Å². The summed E-state index contributed by atoms with van der Waals surface area (Å²) < 4.78 is 12.0. The molecule has 1 aromatic carbocycles. The summed E-state index contributed by atoms with van der Waals surface area (Å²) >= 11 is 3.50. The highest BCUT2D eigenvalue weighted by molar-refractivity contribution is 9.11. The van der Waals surface area contributed by atoms with Gasteiger partial charge in [0.2, 0.25) is 5.88 Å². The van der Waals surface area contributed by atoms with Crippen molar-refractivity contribution in [2.75, 3.05) is 51.3 Å². The SMILES string of the molecule is CC(C)[C@H]1CN(C2=C(Br)C(O)N=C(c3ccncc3)N2)CCN1.COc1ccc(COc2cc(N3CCN[C@@H](C(C)C)C3)nc(-c3ccncc3)n2)cc1. The van der Waals surface area contributed by atoms with Crippen LogP contribution in [0.15, 0.2) is 94.7 Å². The Morgan fingerprint density at radius 1 is 0.815 bits per heavy atom. The van der Waals surface area contributed by atoms with Gasteiger partial charge < -0.3 is 40.3 Å². The number of nitrogens with one attached hydrogen (secondary N) is 3. The second kappa shape index (κ2) is 18.6. The second-order valence-corrected chi connectivity index (χ2v) is 15.0. The first kappa shape index (κ1) is 39.1. The molecule has 4 N–H and O–H groups in total. The third-order valence-electron chi connectivity index (χ3n) is 9.73. The van der Waals surface area contributed by atoms with Crippen LogP contribution in [0.5, 0.6) is 11.6 Å². The average Bonchev–Trinajstić information content (AvgIpc) is 3.22. The van der Waals surface area contributed by atoms with Crippen molar-refractivity contribution in [1.29, 1.82) is 0 Å². The number of piperazine rings is 2. The van der Waals surface area contributed by atoms with Crippen molar-refractivity contribution in [1.82, 2.24) is 40.8 Å². The average molecular weight is 800 g/mol. The lowest BCUT2D eigenvalue weighted by Crippen LogP contribution is -2.55. The van der Waals surface area contributed by atoms with Gasteiger partial charge in [0.25, 0.3) is 0 Å². The smallest absolute Gasteiger partial charge is 0.219 e. The van der Waals surface area contributed by atoms with E-state index < -0.39 is 6.23 Å². The Kier molecular flexibility index (Phi) is 13.5. The summed E-state index contributed by atoms with van der Waals surface area (Å²) in [7, 11) is 1.66. The van der Waals surface area contributed by atoms with Crippen molar-refractivity contribution in [3.63, 3.8) is 0 Å². The van der Waals surface area contributed by atoms with Crippen LogP contribution in [-0.2, 0) is 6.61 Å². The molecule has 0 spiro atoms. The number of aliphatic hydroxyl groups is 1. The second-order valence-electron chi connectivity index (χ2n) is 14.2. The lowest BCUT2D eigenvalue weighted by Gasteiger charge is -2.40. The molecule has 0 saturated carbocycles. The van der Waals surface area contributed by atoms with Crippen LogP contribution in [0.2, 0.25) is 0 Å². The minimum atomic E-state index is -0.887. The topological polar surface area (TPSA) is 145 Å². The maximum absolute atomic E-state index is 10.3. The summed E-state index contributed by atoms with van der Waals surface area (Å²) in [6.07, 6.45) is 6.06. The Bertz CT molecular complexity index is 1860. The van der Waals surface area contributed by atoms with Crippen LogP contribution < -0.4 is 30.3 Å². The molecule has 2 fully saturated rings. The van der Waals surface area contributed by atoms with E-state index in [4.69, 9.17) is 14.5 Å². The van der Waals surface area contributed by atoms with E-state index in [1.807, 2.05) is 54.6 Å². The van der Waals surface area contributed by atoms with E-state index in [9.17, 15) is 5.11 Å². The van der Waals surface area contributed by atoms with Gasteiger partial charge in [0.05, 0.1) is 11.6 Å². The van der Waals surface area contributed by atoms with E-state index >= 15 is 0 Å². The Hall–Kier alpha value is -4.63. The molecule has 0 amide bonds. The van der Waals surface area contributed by atoms with Crippen LogP contribution in [0, 0.1) is 11.8 Å². The minimum absolute atomic E-state index is 0.423. The van der Waals surface area contributed by atoms with Crippen LogP contribution >= 0.6 is 15.9 Å². The third kappa shape index (κ3) is 10.1. The van der Waals surface area contributed by atoms with Crippen LogP contribution in [0.3, 0.4) is 0 Å². The highest BCUT2D eigenvalue weighted by Gasteiger charge is 2.30. The first-order valence-corrected chi connectivity index (χ1v) is 19.3. The van der Waals surface area contributed by atoms with E-state index in [0.717, 1.165) is 73.3 Å². The van der Waals surface area contributed by atoms with E-state index in [1.165, 1.54) is 0 Å². The summed E-state index contributed by atoms with van der Waals surface area (Å²) in [5.74, 6) is 5.58. The Balaban J connectivity index is 0.000000193. The van der Waals surface area contributed by atoms with Crippen LogP contribution in [0.1, 0.15) is 38.8 Å². The van der Waals surface area contributed by atoms with E-state index in [2.05, 4.69) is 89.3 Å². The normalized spacial score (nSPS) is 20.2. The van der Waals surface area contributed by atoms with Gasteiger partial charge in [-0.25, -0.2) is 9.98 Å². The summed E-state index contributed by atoms with van der Waals surface area (Å²) in [5.41, 5.74) is 2.88. The van der Waals surface area contributed by atoms with Crippen molar-refractivity contribution >= 4 is 27.6 Å². The monoisotopic (exact) mass is 798 g/mol. The number of halogens is 1. The molecule has 13 nitrogen and oxygen atoms in total. The predicted octanol–water partition coefficient (Wildman–Crippen LogP) is 4.80. The van der Waals surface area contributed by atoms with Crippen molar-refractivity contribution in [3.8, 4) is 23.0 Å². The molecule has 54 heavy (non-hydrogen) atoms. The largest absolute Gasteiger partial charge is 0.497 e. The summed E-state index contributed by atoms with van der Waals surface area (Å²) in [5, 5.41) is 20.8. The third-order valence-corrected chi connectivity index (χ3v) is 10.5. The lowest BCUT2D eigenvalue weighted by atomic mass is 10.0. The molecule has 0 bridgehead atoms. The maximum atomic E-state index is 10.3. The fourth-order valence-electron chi connectivity index (χ4n) is 6.41. The summed E-state index contributed by atoms with van der Waals surface area (Å²) in [4.78, 5) is 26.6. The number of pyridine rings is 2. The van der Waals surface area contributed by atoms with Gasteiger partial charge in [-0.15, -0.1) is 0 Å². The number of hydrogen-bond donors (Lipinski definition) is 4. The van der Waals surface area contributed by atoms with Gasteiger partial charge >= 0.3 is 0 Å². The number of anilines is 1. The van der Waals surface area contributed by atoms with Crippen molar-refractivity contribution in [2.24, 2.45) is 16.8 Å². The molecular weight excluding hydrogens is 748 g/mol. The quantitative estimate of drug-likeness (QED) is 0.175. The zero-order valence-electron chi connectivity index (χ0n) is 31.6. The summed E-state index contributed by atoms with van der Waals surface area (Å²) in [6, 6.07) is 18.2. The number of aliphatic imine (C=N–C) groups is 1. The molecule has 3 aliphatic heterocycles. The number of hydrogen-bond acceptors (Lipinski definition) is 13. The first-order chi connectivity index (χ1) is 26.2. The van der Waals surface area contributed by atoms with E-state index in [0.29, 0.717) is 52.5 Å². The lowest BCUT2D eigenvalue weighted by molar-refractivity contribution is 0.189. The molecule has 3 atom stereocenters. The van der Waals surface area contributed by atoms with Crippen molar-refractivity contribution < 1.29 is 14.6 Å². The number of aliphatic hydroxyl groups excluding tert-OH is 1. The van der Waals surface area contributed by atoms with Gasteiger partial charge in [0, 0.05) is 93.3 Å². The molecule has 0 radical (unpaired) electrons. The molecule has 3 aliphatic rings. The van der Waals surface area contributed by atoms with Crippen LogP contribution in [0.4, 0.5) is 5.82 Å². The Labute approximate surface area is 326 Å². The van der Waals surface area contributed by atoms with Gasteiger partial charge in [-0.2, -0.15) is 4.98 Å². The number of methoxy groups -OCH3 is 1. The summed E-state index contributed by atoms with van der Waals surface area (Å²) in [6.45, 7) is 14.8. The molecule has 286 valence electrons. The predicted molar refractivity (Wildman–Crippen MR) is 216 cm³/mol. The highest BCUT2D eigenvalue weighted by Crippen LogP contribution is 2.27. The fourth-order valence-corrected chi connectivity index (χ4v) is 6.86. The standard InChI is InChI=1S/C24H29N5O2.C16H22BrN5O/c1-17(2)21-15-29(13-12-26-21)22-14-23(28-24(27-22)19-8-10-25-11-9-19)31-16-18-4-6-20(30-3)7-5-18;1-10(2)12-9-22(8-7-19-12)15-13(17)16(23)21-14(20-15)11-3-5-18-6-4-11/h4-11,14,17,21,26H,12-13,15-16H2,1-3H3;3-6,10,12,16,19,23H,7-9H2,1-2H3,(H,20,21)/t21-;12-,16?/m11/s1. The number of nitrogens with zero attached hydrogens (tertiary/aromatic N) is 7. The number of amidine groups is 1. The van der Waals surface area contributed by atoms with Gasteiger partial charge in [-0.3, -0.25) is 9.97 Å². The zero-order valence-corrected chi connectivity index (χ0v) is 33.2. The Morgan fingerprint density at radius 3 is 2.02 bits per heavy atom. The molecule has 3 aromatic heterocycles. The van der Waals surface area contributed by atoms with Crippen LogP contribution in [-0.4, -0.2) is 100 Å². The molecule has 4 aromatic rings. The maximum Gasteiger partial charge on any atom is 0.219 e. The molecule has 2 saturated heterocycles. The number of benzene rings is 1. The zero-order chi connectivity index (χ0) is 38.0. The molecule has 7 rings (SSSR count). The van der Waals surface area contributed by atoms with Gasteiger partial charge in [-0.1, -0.05) is 39.8 Å². The van der Waals surface area contributed by atoms with E-state index in [1.54, 1.807) is 31.9 Å².